The zero-order valence-corrected chi connectivity index (χ0v) is 9.95. The molecule has 87 valence electrons. The summed E-state index contributed by atoms with van der Waals surface area (Å²) >= 11 is 0. The molecule has 3 aromatic rings. The van der Waals surface area contributed by atoms with Gasteiger partial charge in [0.25, 0.3) is 0 Å². The summed E-state index contributed by atoms with van der Waals surface area (Å²) < 4.78 is 2.05. The van der Waals surface area contributed by atoms with E-state index in [9.17, 15) is 0 Å². The van der Waals surface area contributed by atoms with E-state index in [2.05, 4.69) is 45.9 Å². The Labute approximate surface area is 107 Å². The van der Waals surface area contributed by atoms with Crippen molar-refractivity contribution in [2.75, 3.05) is 0 Å². The summed E-state index contributed by atoms with van der Waals surface area (Å²) in [5.74, 6) is 0. The monoisotopic (exact) mass is 233 g/mol. The first-order valence-electron chi connectivity index (χ1n) is 5.94. The van der Waals surface area contributed by atoms with E-state index in [1.807, 2.05) is 30.7 Å². The van der Waals surface area contributed by atoms with E-state index in [4.69, 9.17) is 0 Å². The lowest BCUT2D eigenvalue weighted by molar-refractivity contribution is 0.798. The van der Waals surface area contributed by atoms with Gasteiger partial charge in [-0.05, 0) is 22.8 Å². The third kappa shape index (κ3) is 2.18. The van der Waals surface area contributed by atoms with Crippen molar-refractivity contribution in [3.63, 3.8) is 0 Å². The highest BCUT2D eigenvalue weighted by molar-refractivity contribution is 5.66. The molecule has 0 aliphatic heterocycles. The Balaban J connectivity index is 2.00. The normalized spacial score (nSPS) is 10.4. The molecule has 0 atom stereocenters. The van der Waals surface area contributed by atoms with E-state index in [0.717, 1.165) is 6.54 Å². The van der Waals surface area contributed by atoms with Crippen molar-refractivity contribution in [3.05, 3.63) is 78.9 Å². The molecule has 0 unspecified atom stereocenters. The van der Waals surface area contributed by atoms with Gasteiger partial charge in [0.2, 0.25) is 0 Å². The molecule has 0 aliphatic rings. The Kier molecular flexibility index (Phi) is 2.92. The molecule has 0 saturated carbocycles. The minimum absolute atomic E-state index is 0.797. The Morgan fingerprint density at radius 1 is 1.06 bits per heavy atom. The first-order chi connectivity index (χ1) is 8.93. The van der Waals surface area contributed by atoms with E-state index in [1.54, 1.807) is 6.20 Å². The summed E-state index contributed by atoms with van der Waals surface area (Å²) in [6.07, 6.45) is 5.59. The maximum atomic E-state index is 4.07. The second-order valence-electron chi connectivity index (χ2n) is 4.16. The molecule has 18 heavy (non-hydrogen) atoms. The van der Waals surface area contributed by atoms with Crippen LogP contribution in [0.4, 0.5) is 0 Å². The van der Waals surface area contributed by atoms with Crippen molar-refractivity contribution in [2.45, 2.75) is 6.54 Å². The van der Waals surface area contributed by atoms with E-state index >= 15 is 0 Å². The second kappa shape index (κ2) is 4.88. The third-order valence-electron chi connectivity index (χ3n) is 2.93. The van der Waals surface area contributed by atoms with Crippen LogP contribution < -0.4 is 0 Å². The largest absolute Gasteiger partial charge is 0.333 e. The van der Waals surface area contributed by atoms with Crippen molar-refractivity contribution in [3.8, 4) is 11.1 Å². The number of hydrogen-bond acceptors (Lipinski definition) is 1. The Hall–Kier alpha value is -2.35. The predicted molar refractivity (Wildman–Crippen MR) is 72.0 cm³/mol. The van der Waals surface area contributed by atoms with Gasteiger partial charge >= 0.3 is 0 Å². The number of benzene rings is 2. The molecule has 2 aromatic carbocycles. The SMILES string of the molecule is [c]1cccc(-c2ccccc2)c1Cn1ccnc1. The summed E-state index contributed by atoms with van der Waals surface area (Å²) in [6, 6.07) is 19.8. The molecular weight excluding hydrogens is 220 g/mol. The average molecular weight is 233 g/mol. The number of nitrogens with zero attached hydrogens (tertiary/aromatic N) is 2. The van der Waals surface area contributed by atoms with Gasteiger partial charge < -0.3 is 4.57 Å². The predicted octanol–water partition coefficient (Wildman–Crippen LogP) is 3.40. The van der Waals surface area contributed by atoms with Gasteiger partial charge in [0, 0.05) is 18.9 Å². The summed E-state index contributed by atoms with van der Waals surface area (Å²) in [4.78, 5) is 4.07. The van der Waals surface area contributed by atoms with Gasteiger partial charge in [-0.25, -0.2) is 4.98 Å². The quantitative estimate of drug-likeness (QED) is 0.678. The molecule has 0 amide bonds. The van der Waals surface area contributed by atoms with Gasteiger partial charge in [-0.3, -0.25) is 0 Å². The van der Waals surface area contributed by atoms with Crippen LogP contribution in [0.2, 0.25) is 0 Å². The molecule has 1 radical (unpaired) electrons. The van der Waals surface area contributed by atoms with Gasteiger partial charge in [-0.1, -0.05) is 48.5 Å². The number of rotatable bonds is 3. The van der Waals surface area contributed by atoms with Gasteiger partial charge in [-0.15, -0.1) is 0 Å². The van der Waals surface area contributed by atoms with Crippen molar-refractivity contribution < 1.29 is 0 Å². The number of aromatic nitrogens is 2. The summed E-state index contributed by atoms with van der Waals surface area (Å²) in [5.41, 5.74) is 3.64. The van der Waals surface area contributed by atoms with Crippen molar-refractivity contribution >= 4 is 0 Å². The van der Waals surface area contributed by atoms with Crippen LogP contribution in [0.5, 0.6) is 0 Å². The van der Waals surface area contributed by atoms with Gasteiger partial charge in [0.1, 0.15) is 0 Å². The molecule has 1 aromatic heterocycles. The molecule has 0 fully saturated rings. The van der Waals surface area contributed by atoms with E-state index < -0.39 is 0 Å². The van der Waals surface area contributed by atoms with Crippen LogP contribution in [0.3, 0.4) is 0 Å². The first-order valence-corrected chi connectivity index (χ1v) is 5.94. The minimum atomic E-state index is 0.797. The maximum absolute atomic E-state index is 4.07. The molecule has 0 aliphatic carbocycles. The van der Waals surface area contributed by atoms with Gasteiger partial charge in [-0.2, -0.15) is 0 Å². The van der Waals surface area contributed by atoms with Crippen LogP contribution in [0.1, 0.15) is 5.56 Å². The standard InChI is InChI=1S/C16H13N2/c1-2-6-14(7-3-1)16-9-5-4-8-15(16)12-18-11-10-17-13-18/h1-7,9-11,13H,12H2. The molecule has 2 heteroatoms. The lowest BCUT2D eigenvalue weighted by atomic mass is 10.00. The average Bonchev–Trinajstić information content (AvgIpc) is 2.93. The zero-order chi connectivity index (χ0) is 12.2. The lowest BCUT2D eigenvalue weighted by Gasteiger charge is -2.09. The Morgan fingerprint density at radius 2 is 1.94 bits per heavy atom. The van der Waals surface area contributed by atoms with Gasteiger partial charge in [0.15, 0.2) is 0 Å². The zero-order valence-electron chi connectivity index (χ0n) is 9.95. The second-order valence-corrected chi connectivity index (χ2v) is 4.16. The summed E-state index contributed by atoms with van der Waals surface area (Å²) in [6.45, 7) is 0.797. The molecule has 2 nitrogen and oxygen atoms in total. The third-order valence-corrected chi connectivity index (χ3v) is 2.93. The molecule has 0 saturated heterocycles. The fraction of sp³-hybridized carbons (Fsp3) is 0.0625. The van der Waals surface area contributed by atoms with Crippen LogP contribution in [-0.4, -0.2) is 9.55 Å². The Bertz CT molecular complexity index is 613. The van der Waals surface area contributed by atoms with Crippen molar-refractivity contribution in [2.24, 2.45) is 0 Å². The number of hydrogen-bond donors (Lipinski definition) is 0. The van der Waals surface area contributed by atoms with E-state index in [1.165, 1.54) is 16.7 Å². The lowest BCUT2D eigenvalue weighted by Crippen LogP contribution is -1.98. The highest BCUT2D eigenvalue weighted by atomic mass is 15.0. The van der Waals surface area contributed by atoms with E-state index in [0.29, 0.717) is 0 Å². The highest BCUT2D eigenvalue weighted by Gasteiger charge is 2.04. The van der Waals surface area contributed by atoms with Crippen LogP contribution in [0.15, 0.2) is 67.3 Å². The van der Waals surface area contributed by atoms with Crippen LogP contribution >= 0.6 is 0 Å². The smallest absolute Gasteiger partial charge is 0.0949 e. The van der Waals surface area contributed by atoms with E-state index in [-0.39, 0.29) is 0 Å². The minimum Gasteiger partial charge on any atom is -0.333 e. The fourth-order valence-corrected chi connectivity index (χ4v) is 2.05. The molecule has 0 N–H and O–H groups in total. The highest BCUT2D eigenvalue weighted by Crippen LogP contribution is 2.23. The molecule has 3 rings (SSSR count). The molecule has 0 spiro atoms. The van der Waals surface area contributed by atoms with Crippen molar-refractivity contribution in [1.29, 1.82) is 0 Å². The Morgan fingerprint density at radius 3 is 2.72 bits per heavy atom. The van der Waals surface area contributed by atoms with Crippen LogP contribution in [-0.2, 0) is 6.54 Å². The fourth-order valence-electron chi connectivity index (χ4n) is 2.05. The van der Waals surface area contributed by atoms with Crippen LogP contribution in [0, 0.1) is 6.07 Å². The maximum Gasteiger partial charge on any atom is 0.0949 e. The van der Waals surface area contributed by atoms with Gasteiger partial charge in [0.05, 0.1) is 6.33 Å². The van der Waals surface area contributed by atoms with Crippen molar-refractivity contribution in [1.82, 2.24) is 9.55 Å². The molecule has 0 bridgehead atoms. The molecule has 1 heterocycles. The summed E-state index contributed by atoms with van der Waals surface area (Å²) in [7, 11) is 0. The topological polar surface area (TPSA) is 17.8 Å². The molecular formula is C16H13N2. The summed E-state index contributed by atoms with van der Waals surface area (Å²) in [5, 5.41) is 0. The van der Waals surface area contributed by atoms with Crippen LogP contribution in [0.25, 0.3) is 11.1 Å². The number of imidazole rings is 1. The first kappa shape index (κ1) is 10.8.